The predicted octanol–water partition coefficient (Wildman–Crippen LogP) is 2.60. The normalized spacial score (nSPS) is 19.6. The van der Waals surface area contributed by atoms with E-state index in [4.69, 9.17) is 0 Å². The van der Waals surface area contributed by atoms with E-state index >= 15 is 0 Å². The molecule has 0 saturated carbocycles. The summed E-state index contributed by atoms with van der Waals surface area (Å²) in [5.74, 6) is 0. The van der Waals surface area contributed by atoms with E-state index in [0.717, 1.165) is 41.9 Å². The molecule has 0 saturated heterocycles. The highest BCUT2D eigenvalue weighted by atomic mass is 79.9. The average Bonchev–Trinajstić information content (AvgIpc) is 2.27. The zero-order valence-corrected chi connectivity index (χ0v) is 11.0. The van der Waals surface area contributed by atoms with Gasteiger partial charge in [0.25, 0.3) is 0 Å². The summed E-state index contributed by atoms with van der Waals surface area (Å²) in [6.07, 6.45) is 7.36. The van der Waals surface area contributed by atoms with Gasteiger partial charge in [-0.25, -0.2) is 4.98 Å². The molecule has 1 aliphatic heterocycles. The van der Waals surface area contributed by atoms with Crippen LogP contribution in [-0.4, -0.2) is 36.6 Å². The van der Waals surface area contributed by atoms with Crippen LogP contribution in [0.4, 0.5) is 5.69 Å². The number of fused-ring (bicyclic) bond motifs is 1. The summed E-state index contributed by atoms with van der Waals surface area (Å²) < 4.78 is 0.876. The first-order valence-corrected chi connectivity index (χ1v) is 6.29. The number of aromatic nitrogens is 1. The second-order valence-electron chi connectivity index (χ2n) is 4.04. The van der Waals surface area contributed by atoms with Crippen molar-refractivity contribution in [2.24, 2.45) is 0 Å². The van der Waals surface area contributed by atoms with Crippen molar-refractivity contribution in [1.29, 1.82) is 0 Å². The predicted molar refractivity (Wildman–Crippen MR) is 71.6 cm³/mol. The van der Waals surface area contributed by atoms with Gasteiger partial charge in [-0.3, -0.25) is 0 Å². The van der Waals surface area contributed by atoms with Gasteiger partial charge in [-0.15, -0.1) is 0 Å². The van der Waals surface area contributed by atoms with E-state index in [2.05, 4.69) is 50.3 Å². The number of nitrogens with zero attached hydrogens (tertiary/aromatic N) is 2. The Hall–Kier alpha value is -0.870. The zero-order valence-electron chi connectivity index (χ0n) is 9.41. The first kappa shape index (κ1) is 11.6. The Morgan fingerprint density at radius 1 is 1.50 bits per heavy atom. The Morgan fingerprint density at radius 3 is 3.25 bits per heavy atom. The Kier molecular flexibility index (Phi) is 3.96. The monoisotopic (exact) mass is 281 g/mol. The number of likely N-dealkylation sites (N-methyl/N-ethyl adjacent to an activating group) is 1. The molecule has 0 spiro atoms. The van der Waals surface area contributed by atoms with Crippen LogP contribution < -0.4 is 5.32 Å². The highest BCUT2D eigenvalue weighted by Gasteiger charge is 2.04. The van der Waals surface area contributed by atoms with Gasteiger partial charge in [0.15, 0.2) is 0 Å². The van der Waals surface area contributed by atoms with Crippen molar-refractivity contribution in [3.63, 3.8) is 0 Å². The van der Waals surface area contributed by atoms with Crippen LogP contribution >= 0.6 is 15.9 Å². The largest absolute Gasteiger partial charge is 0.384 e. The highest BCUT2D eigenvalue weighted by molar-refractivity contribution is 9.10. The van der Waals surface area contributed by atoms with Crippen molar-refractivity contribution in [1.82, 2.24) is 9.88 Å². The fourth-order valence-corrected chi connectivity index (χ4v) is 2.08. The fourth-order valence-electron chi connectivity index (χ4n) is 1.75. The molecule has 86 valence electrons. The SMILES string of the molecule is CN1C/C=C/c2cnc(Br)cc2NCCC1. The summed E-state index contributed by atoms with van der Waals surface area (Å²) in [5, 5.41) is 3.45. The van der Waals surface area contributed by atoms with E-state index < -0.39 is 0 Å². The number of hydrogen-bond donors (Lipinski definition) is 1. The topological polar surface area (TPSA) is 28.2 Å². The summed E-state index contributed by atoms with van der Waals surface area (Å²) in [7, 11) is 2.15. The van der Waals surface area contributed by atoms with Crippen molar-refractivity contribution >= 4 is 27.7 Å². The lowest BCUT2D eigenvalue weighted by atomic mass is 10.2. The molecule has 0 bridgehead atoms. The second-order valence-corrected chi connectivity index (χ2v) is 4.85. The third kappa shape index (κ3) is 3.06. The molecule has 0 fully saturated rings. The van der Waals surface area contributed by atoms with Crippen LogP contribution in [0, 0.1) is 0 Å². The fraction of sp³-hybridized carbons (Fsp3) is 0.417. The standard InChI is InChI=1S/C12H16BrN3/c1-16-6-2-4-10-9-15-12(13)8-11(10)14-5-3-7-16/h2,4,8-9,14H,3,5-7H2,1H3/b4-2+. The molecule has 16 heavy (non-hydrogen) atoms. The summed E-state index contributed by atoms with van der Waals surface area (Å²) in [6.45, 7) is 3.12. The van der Waals surface area contributed by atoms with E-state index in [1.165, 1.54) is 0 Å². The number of pyridine rings is 1. The molecule has 1 aromatic rings. The van der Waals surface area contributed by atoms with Gasteiger partial charge in [0.1, 0.15) is 4.60 Å². The average molecular weight is 282 g/mol. The van der Waals surface area contributed by atoms with E-state index in [1.54, 1.807) is 0 Å². The Morgan fingerprint density at radius 2 is 2.38 bits per heavy atom. The molecule has 0 radical (unpaired) electrons. The van der Waals surface area contributed by atoms with Gasteiger partial charge >= 0.3 is 0 Å². The number of anilines is 1. The quantitative estimate of drug-likeness (QED) is 0.741. The molecule has 3 nitrogen and oxygen atoms in total. The van der Waals surface area contributed by atoms with Crippen LogP contribution in [0.1, 0.15) is 12.0 Å². The lowest BCUT2D eigenvalue weighted by Crippen LogP contribution is -2.22. The van der Waals surface area contributed by atoms with Crippen LogP contribution in [0.3, 0.4) is 0 Å². The molecule has 0 aromatic carbocycles. The minimum Gasteiger partial charge on any atom is -0.384 e. The zero-order chi connectivity index (χ0) is 11.4. The van der Waals surface area contributed by atoms with E-state index in [0.29, 0.717) is 0 Å². The van der Waals surface area contributed by atoms with Gasteiger partial charge in [0.05, 0.1) is 0 Å². The molecule has 4 heteroatoms. The minimum absolute atomic E-state index is 0.876. The van der Waals surface area contributed by atoms with Gasteiger partial charge in [-0.05, 0) is 42.0 Å². The van der Waals surface area contributed by atoms with Crippen LogP contribution in [0.5, 0.6) is 0 Å². The lowest BCUT2D eigenvalue weighted by molar-refractivity contribution is 0.368. The van der Waals surface area contributed by atoms with Gasteiger partial charge in [0.2, 0.25) is 0 Å². The van der Waals surface area contributed by atoms with Crippen molar-refractivity contribution in [2.45, 2.75) is 6.42 Å². The minimum atomic E-state index is 0.876. The van der Waals surface area contributed by atoms with Gasteiger partial charge in [-0.2, -0.15) is 0 Å². The van der Waals surface area contributed by atoms with Gasteiger partial charge in [0, 0.05) is 30.5 Å². The van der Waals surface area contributed by atoms with Crippen LogP contribution in [0.15, 0.2) is 22.9 Å². The molecule has 0 aliphatic carbocycles. The molecule has 1 aromatic heterocycles. The molecule has 2 heterocycles. The van der Waals surface area contributed by atoms with Crippen molar-refractivity contribution in [3.05, 3.63) is 28.5 Å². The highest BCUT2D eigenvalue weighted by Crippen LogP contribution is 2.20. The number of nitrogens with one attached hydrogen (secondary N) is 1. The van der Waals surface area contributed by atoms with Gasteiger partial charge in [-0.1, -0.05) is 12.2 Å². The smallest absolute Gasteiger partial charge is 0.108 e. The van der Waals surface area contributed by atoms with E-state index in [-0.39, 0.29) is 0 Å². The molecule has 1 N–H and O–H groups in total. The van der Waals surface area contributed by atoms with E-state index in [9.17, 15) is 0 Å². The maximum Gasteiger partial charge on any atom is 0.108 e. The molecular weight excluding hydrogens is 266 g/mol. The Labute approximate surface area is 105 Å². The first-order chi connectivity index (χ1) is 7.75. The number of hydrogen-bond acceptors (Lipinski definition) is 3. The van der Waals surface area contributed by atoms with Crippen molar-refractivity contribution in [2.75, 3.05) is 32.0 Å². The lowest BCUT2D eigenvalue weighted by Gasteiger charge is -2.17. The van der Waals surface area contributed by atoms with Crippen LogP contribution in [-0.2, 0) is 0 Å². The maximum absolute atomic E-state index is 4.25. The van der Waals surface area contributed by atoms with Crippen molar-refractivity contribution in [3.8, 4) is 0 Å². The Bertz CT molecular complexity index is 390. The third-order valence-electron chi connectivity index (χ3n) is 2.65. The van der Waals surface area contributed by atoms with Crippen molar-refractivity contribution < 1.29 is 0 Å². The Balaban J connectivity index is 2.25. The first-order valence-electron chi connectivity index (χ1n) is 5.50. The maximum atomic E-state index is 4.25. The number of halogens is 1. The van der Waals surface area contributed by atoms with Crippen LogP contribution in [0.25, 0.3) is 6.08 Å². The number of rotatable bonds is 0. The summed E-state index contributed by atoms with van der Waals surface area (Å²) in [4.78, 5) is 6.56. The molecule has 0 amide bonds. The molecule has 2 rings (SSSR count). The van der Waals surface area contributed by atoms with Gasteiger partial charge < -0.3 is 10.2 Å². The van der Waals surface area contributed by atoms with Crippen LogP contribution in [0.2, 0.25) is 0 Å². The van der Waals surface area contributed by atoms with E-state index in [1.807, 2.05) is 12.3 Å². The molecule has 0 unspecified atom stereocenters. The third-order valence-corrected chi connectivity index (χ3v) is 3.08. The molecule has 0 atom stereocenters. The molecule has 1 aliphatic rings. The summed E-state index contributed by atoms with van der Waals surface area (Å²) in [6, 6.07) is 2.03. The second kappa shape index (κ2) is 5.46. The molecular formula is C12H16BrN3. The summed E-state index contributed by atoms with van der Waals surface area (Å²) in [5.41, 5.74) is 2.31. The summed E-state index contributed by atoms with van der Waals surface area (Å²) >= 11 is 3.40.